The average molecular weight is 447 g/mol. The number of aryl methyl sites for hydroxylation is 1. The van der Waals surface area contributed by atoms with Crippen LogP contribution in [0.1, 0.15) is 38.0 Å². The van der Waals surface area contributed by atoms with E-state index >= 15 is 0 Å². The second-order valence-corrected chi connectivity index (χ2v) is 7.65. The van der Waals surface area contributed by atoms with Crippen molar-refractivity contribution in [2.45, 2.75) is 32.7 Å². The van der Waals surface area contributed by atoms with Gasteiger partial charge in [-0.05, 0) is 36.7 Å². The maximum Gasteiger partial charge on any atom is 0.306 e. The Bertz CT molecular complexity index is 935. The van der Waals surface area contributed by atoms with Gasteiger partial charge < -0.3 is 19.0 Å². The normalized spacial score (nSPS) is 12.1. The number of likely N-dealkylation sites (N-methyl/N-ethyl adjacent to an activating group) is 1. The van der Waals surface area contributed by atoms with E-state index in [2.05, 4.69) is 34.2 Å². The Morgan fingerprint density at radius 1 is 1.26 bits per heavy atom. The standard InChI is InChI=1S/C21H26N4O5S/c1-3-25(4-2)15(16-7-5-11-28-16)13-22-18(26)14-29-20(27)10-9-19-23-21(24-30-19)17-8-6-12-31-17/h5-8,11-12,15H,3-4,9-10,13-14H2,1-2H3,(H,22,26)/t15-/m1/s1. The predicted octanol–water partition coefficient (Wildman–Crippen LogP) is 3.07. The second kappa shape index (κ2) is 11.4. The van der Waals surface area contributed by atoms with E-state index in [0.29, 0.717) is 18.3 Å². The Morgan fingerprint density at radius 3 is 2.77 bits per heavy atom. The molecule has 0 radical (unpaired) electrons. The lowest BCUT2D eigenvalue weighted by Crippen LogP contribution is -2.39. The molecule has 1 atom stereocenters. The zero-order valence-corrected chi connectivity index (χ0v) is 18.4. The van der Waals surface area contributed by atoms with Crippen molar-refractivity contribution in [1.29, 1.82) is 0 Å². The molecule has 3 rings (SSSR count). The molecule has 0 fully saturated rings. The quantitative estimate of drug-likeness (QED) is 0.423. The van der Waals surface area contributed by atoms with Crippen molar-refractivity contribution >= 4 is 23.2 Å². The summed E-state index contributed by atoms with van der Waals surface area (Å²) in [7, 11) is 0. The molecule has 0 bridgehead atoms. The minimum Gasteiger partial charge on any atom is -0.468 e. The zero-order valence-electron chi connectivity index (χ0n) is 17.6. The Labute approximate surface area is 184 Å². The Kier molecular flexibility index (Phi) is 8.36. The summed E-state index contributed by atoms with van der Waals surface area (Å²) in [5.74, 6) is 0.761. The topological polar surface area (TPSA) is 111 Å². The summed E-state index contributed by atoms with van der Waals surface area (Å²) in [6, 6.07) is 7.42. The summed E-state index contributed by atoms with van der Waals surface area (Å²) in [5, 5.41) is 8.63. The van der Waals surface area contributed by atoms with E-state index in [1.165, 1.54) is 11.3 Å². The number of furan rings is 1. The molecule has 0 aliphatic heterocycles. The monoisotopic (exact) mass is 446 g/mol. The van der Waals surface area contributed by atoms with Gasteiger partial charge in [0.25, 0.3) is 5.91 Å². The first-order chi connectivity index (χ1) is 15.1. The van der Waals surface area contributed by atoms with E-state index in [-0.39, 0.29) is 31.4 Å². The maximum atomic E-state index is 12.2. The van der Waals surface area contributed by atoms with Gasteiger partial charge in [-0.2, -0.15) is 4.98 Å². The van der Waals surface area contributed by atoms with Crippen LogP contribution in [0.25, 0.3) is 10.7 Å². The summed E-state index contributed by atoms with van der Waals surface area (Å²) in [6.45, 7) is 5.75. The van der Waals surface area contributed by atoms with Crippen molar-refractivity contribution in [1.82, 2.24) is 20.4 Å². The number of hydrogen-bond acceptors (Lipinski definition) is 9. The molecule has 3 aromatic rings. The average Bonchev–Trinajstić information content (AvgIpc) is 3.55. The predicted molar refractivity (Wildman–Crippen MR) is 114 cm³/mol. The van der Waals surface area contributed by atoms with Gasteiger partial charge >= 0.3 is 5.97 Å². The van der Waals surface area contributed by atoms with Crippen molar-refractivity contribution in [2.24, 2.45) is 0 Å². The lowest BCUT2D eigenvalue weighted by molar-refractivity contribution is -0.148. The van der Waals surface area contributed by atoms with Crippen molar-refractivity contribution in [2.75, 3.05) is 26.2 Å². The van der Waals surface area contributed by atoms with Gasteiger partial charge in [-0.3, -0.25) is 14.5 Å². The van der Waals surface area contributed by atoms with E-state index < -0.39 is 5.97 Å². The number of thiophene rings is 1. The molecular formula is C21H26N4O5S. The van der Waals surface area contributed by atoms with Gasteiger partial charge in [0, 0.05) is 13.0 Å². The van der Waals surface area contributed by atoms with Crippen LogP contribution >= 0.6 is 11.3 Å². The molecular weight excluding hydrogens is 420 g/mol. The number of aromatic nitrogens is 2. The second-order valence-electron chi connectivity index (χ2n) is 6.71. The number of nitrogens with one attached hydrogen (secondary N) is 1. The fourth-order valence-electron chi connectivity index (χ4n) is 3.11. The van der Waals surface area contributed by atoms with Crippen LogP contribution in [-0.2, 0) is 20.7 Å². The van der Waals surface area contributed by atoms with E-state index in [9.17, 15) is 9.59 Å². The summed E-state index contributed by atoms with van der Waals surface area (Å²) in [5.41, 5.74) is 0. The number of amides is 1. The first-order valence-corrected chi connectivity index (χ1v) is 11.0. The number of carbonyl (C=O) groups excluding carboxylic acids is 2. The van der Waals surface area contributed by atoms with Crippen molar-refractivity contribution in [3.63, 3.8) is 0 Å². The third-order valence-corrected chi connectivity index (χ3v) is 5.60. The van der Waals surface area contributed by atoms with Gasteiger partial charge in [0.1, 0.15) is 5.76 Å². The number of hydrogen-bond donors (Lipinski definition) is 1. The molecule has 0 aromatic carbocycles. The molecule has 166 valence electrons. The van der Waals surface area contributed by atoms with Crippen LogP contribution in [0.15, 0.2) is 44.8 Å². The van der Waals surface area contributed by atoms with Gasteiger partial charge in [0.05, 0.1) is 23.6 Å². The number of nitrogens with zero attached hydrogens (tertiary/aromatic N) is 3. The van der Waals surface area contributed by atoms with Crippen molar-refractivity contribution in [3.05, 3.63) is 47.6 Å². The molecule has 0 saturated heterocycles. The number of rotatable bonds is 12. The van der Waals surface area contributed by atoms with E-state index in [4.69, 9.17) is 13.7 Å². The van der Waals surface area contributed by atoms with Gasteiger partial charge in [-0.25, -0.2) is 0 Å². The number of carbonyl (C=O) groups is 2. The van der Waals surface area contributed by atoms with E-state index in [1.54, 1.807) is 6.26 Å². The van der Waals surface area contributed by atoms with Crippen LogP contribution in [0.4, 0.5) is 0 Å². The summed E-state index contributed by atoms with van der Waals surface area (Å²) in [4.78, 5) is 31.5. The first-order valence-electron chi connectivity index (χ1n) is 10.2. The van der Waals surface area contributed by atoms with Crippen LogP contribution in [0.5, 0.6) is 0 Å². The molecule has 9 nitrogen and oxygen atoms in total. The maximum absolute atomic E-state index is 12.2. The fourth-order valence-corrected chi connectivity index (χ4v) is 3.76. The molecule has 0 aliphatic carbocycles. The van der Waals surface area contributed by atoms with E-state index in [1.807, 2.05) is 29.6 Å². The highest BCUT2D eigenvalue weighted by Crippen LogP contribution is 2.22. The summed E-state index contributed by atoms with van der Waals surface area (Å²) < 4.78 is 15.7. The molecule has 31 heavy (non-hydrogen) atoms. The Hall–Kier alpha value is -2.98. The molecule has 0 unspecified atom stereocenters. The SMILES string of the molecule is CCN(CC)[C@H](CNC(=O)COC(=O)CCc1nc(-c2cccs2)no1)c1ccco1. The molecule has 0 saturated carbocycles. The Morgan fingerprint density at radius 2 is 2.10 bits per heavy atom. The minimum absolute atomic E-state index is 0.0494. The molecule has 3 heterocycles. The third-order valence-electron chi connectivity index (χ3n) is 4.73. The smallest absolute Gasteiger partial charge is 0.306 e. The lowest BCUT2D eigenvalue weighted by Gasteiger charge is -2.28. The fraction of sp³-hybridized carbons (Fsp3) is 0.429. The Balaban J connectivity index is 1.40. The van der Waals surface area contributed by atoms with Crippen LogP contribution in [0, 0.1) is 0 Å². The molecule has 10 heteroatoms. The van der Waals surface area contributed by atoms with Gasteiger partial charge in [-0.1, -0.05) is 25.1 Å². The van der Waals surface area contributed by atoms with Crippen LogP contribution in [-0.4, -0.2) is 53.2 Å². The molecule has 0 spiro atoms. The highest BCUT2D eigenvalue weighted by atomic mass is 32.1. The van der Waals surface area contributed by atoms with Crippen LogP contribution < -0.4 is 5.32 Å². The van der Waals surface area contributed by atoms with Crippen molar-refractivity contribution in [3.8, 4) is 10.7 Å². The summed E-state index contributed by atoms with van der Waals surface area (Å²) in [6.07, 6.45) is 1.91. The van der Waals surface area contributed by atoms with E-state index in [0.717, 1.165) is 23.7 Å². The summed E-state index contributed by atoms with van der Waals surface area (Å²) >= 11 is 1.51. The third kappa shape index (κ3) is 6.50. The van der Waals surface area contributed by atoms with Crippen molar-refractivity contribution < 1.29 is 23.3 Å². The van der Waals surface area contributed by atoms with Gasteiger partial charge in [0.15, 0.2) is 6.61 Å². The van der Waals surface area contributed by atoms with Gasteiger partial charge in [-0.15, -0.1) is 11.3 Å². The zero-order chi connectivity index (χ0) is 22.1. The minimum atomic E-state index is -0.502. The number of esters is 1. The molecule has 0 aliphatic rings. The number of ether oxygens (including phenoxy) is 1. The molecule has 1 N–H and O–H groups in total. The largest absolute Gasteiger partial charge is 0.468 e. The van der Waals surface area contributed by atoms with Gasteiger partial charge in [0.2, 0.25) is 11.7 Å². The first kappa shape index (κ1) is 22.7. The highest BCUT2D eigenvalue weighted by Gasteiger charge is 2.21. The van der Waals surface area contributed by atoms with Crippen LogP contribution in [0.2, 0.25) is 0 Å². The van der Waals surface area contributed by atoms with Crippen LogP contribution in [0.3, 0.4) is 0 Å². The highest BCUT2D eigenvalue weighted by molar-refractivity contribution is 7.13. The lowest BCUT2D eigenvalue weighted by atomic mass is 10.2. The molecule has 1 amide bonds. The molecule has 3 aromatic heterocycles.